The van der Waals surface area contributed by atoms with Crippen LogP contribution in [0.1, 0.15) is 0 Å². The summed E-state index contributed by atoms with van der Waals surface area (Å²) in [5.41, 5.74) is -0.0558. The number of anilines is 1. The minimum atomic E-state index is -0.808. The molecule has 0 radical (unpaired) electrons. The smallest absolute Gasteiger partial charge is 0.322 e. The Morgan fingerprint density at radius 1 is 1.28 bits per heavy atom. The van der Waals surface area contributed by atoms with Gasteiger partial charge in [0.2, 0.25) is 0 Å². The van der Waals surface area contributed by atoms with Gasteiger partial charge >= 0.3 is 6.03 Å². The molecule has 1 aliphatic rings. The molecule has 1 aliphatic heterocycles. The van der Waals surface area contributed by atoms with Gasteiger partial charge in [-0.25, -0.2) is 13.6 Å². The monoisotopic (exact) mass is 320 g/mol. The van der Waals surface area contributed by atoms with Gasteiger partial charge in [-0.1, -0.05) is 0 Å². The van der Waals surface area contributed by atoms with Crippen LogP contribution in [-0.2, 0) is 4.74 Å². The summed E-state index contributed by atoms with van der Waals surface area (Å²) in [5.74, 6) is -1.52. The number of carbonyl (C=O) groups excluding carboxylic acids is 1. The molecule has 0 aliphatic carbocycles. The SMILES string of the molecule is O=C(Nc1cc(Br)c(F)cc1F)N1CCOCC1. The number of benzene rings is 1. The normalized spacial score (nSPS) is 15.6. The average molecular weight is 321 g/mol. The van der Waals surface area contributed by atoms with Gasteiger partial charge in [0.25, 0.3) is 0 Å². The van der Waals surface area contributed by atoms with E-state index in [-0.39, 0.29) is 10.2 Å². The van der Waals surface area contributed by atoms with Crippen molar-refractivity contribution < 1.29 is 18.3 Å². The van der Waals surface area contributed by atoms with Gasteiger partial charge in [0.05, 0.1) is 23.4 Å². The Bertz CT molecular complexity index is 465. The van der Waals surface area contributed by atoms with Crippen LogP contribution in [0.2, 0.25) is 0 Å². The molecule has 1 heterocycles. The lowest BCUT2D eigenvalue weighted by Crippen LogP contribution is -2.43. The van der Waals surface area contributed by atoms with Gasteiger partial charge in [-0.3, -0.25) is 0 Å². The van der Waals surface area contributed by atoms with Gasteiger partial charge in [0, 0.05) is 19.2 Å². The summed E-state index contributed by atoms with van der Waals surface area (Å²) in [6.45, 7) is 1.83. The van der Waals surface area contributed by atoms with Crippen LogP contribution < -0.4 is 5.32 Å². The molecule has 0 aromatic heterocycles. The fourth-order valence-corrected chi connectivity index (χ4v) is 1.92. The number of amides is 2. The molecule has 1 aromatic carbocycles. The van der Waals surface area contributed by atoms with E-state index < -0.39 is 17.7 Å². The van der Waals surface area contributed by atoms with E-state index in [1.165, 1.54) is 11.0 Å². The third kappa shape index (κ3) is 2.97. The zero-order valence-corrected chi connectivity index (χ0v) is 11.0. The van der Waals surface area contributed by atoms with Crippen LogP contribution in [-0.4, -0.2) is 37.2 Å². The number of halogens is 3. The minimum absolute atomic E-state index is 0.0558. The summed E-state index contributed by atoms with van der Waals surface area (Å²) in [6.07, 6.45) is 0. The molecule has 1 saturated heterocycles. The third-order valence-corrected chi connectivity index (χ3v) is 3.16. The molecular weight excluding hydrogens is 310 g/mol. The molecule has 0 saturated carbocycles. The Labute approximate surface area is 111 Å². The van der Waals surface area contributed by atoms with Crippen LogP contribution in [0.25, 0.3) is 0 Å². The van der Waals surface area contributed by atoms with Gasteiger partial charge < -0.3 is 15.0 Å². The largest absolute Gasteiger partial charge is 0.378 e. The lowest BCUT2D eigenvalue weighted by atomic mass is 10.3. The Balaban J connectivity index is 2.08. The molecule has 1 fully saturated rings. The van der Waals surface area contributed by atoms with Crippen LogP contribution >= 0.6 is 15.9 Å². The van der Waals surface area contributed by atoms with Crippen molar-refractivity contribution >= 4 is 27.6 Å². The number of urea groups is 1. The summed E-state index contributed by atoms with van der Waals surface area (Å²) >= 11 is 2.94. The molecule has 7 heteroatoms. The first-order chi connectivity index (χ1) is 8.58. The second-order valence-corrected chi connectivity index (χ2v) is 4.63. The Hall–Kier alpha value is -1.21. The zero-order chi connectivity index (χ0) is 13.1. The fourth-order valence-electron chi connectivity index (χ4n) is 1.58. The van der Waals surface area contributed by atoms with Crippen LogP contribution in [0.3, 0.4) is 0 Å². The highest BCUT2D eigenvalue weighted by Crippen LogP contribution is 2.23. The lowest BCUT2D eigenvalue weighted by Gasteiger charge is -2.27. The summed E-state index contributed by atoms with van der Waals surface area (Å²) in [7, 11) is 0. The first-order valence-corrected chi connectivity index (χ1v) is 6.15. The van der Waals surface area contributed by atoms with Crippen molar-refractivity contribution in [3.8, 4) is 0 Å². The number of carbonyl (C=O) groups is 1. The molecule has 18 heavy (non-hydrogen) atoms. The highest BCUT2D eigenvalue weighted by molar-refractivity contribution is 9.10. The van der Waals surface area contributed by atoms with Gasteiger partial charge in [0.15, 0.2) is 0 Å². The lowest BCUT2D eigenvalue weighted by molar-refractivity contribution is 0.0564. The Morgan fingerprint density at radius 2 is 1.94 bits per heavy atom. The molecular formula is C11H11BrF2N2O2. The van der Waals surface area contributed by atoms with Gasteiger partial charge in [-0.05, 0) is 22.0 Å². The van der Waals surface area contributed by atoms with E-state index >= 15 is 0 Å². The maximum atomic E-state index is 13.4. The van der Waals surface area contributed by atoms with Crippen molar-refractivity contribution in [3.63, 3.8) is 0 Å². The summed E-state index contributed by atoms with van der Waals surface area (Å²) in [4.78, 5) is 13.3. The predicted octanol–water partition coefficient (Wildman–Crippen LogP) is 2.59. The molecule has 1 aromatic rings. The maximum absolute atomic E-state index is 13.4. The van der Waals surface area contributed by atoms with Gasteiger partial charge in [-0.15, -0.1) is 0 Å². The summed E-state index contributed by atoms with van der Waals surface area (Å²) < 4.78 is 31.7. The number of ether oxygens (including phenoxy) is 1. The van der Waals surface area contributed by atoms with E-state index in [2.05, 4.69) is 21.2 Å². The third-order valence-electron chi connectivity index (χ3n) is 2.55. The molecule has 1 N–H and O–H groups in total. The van der Waals surface area contributed by atoms with Gasteiger partial charge in [-0.2, -0.15) is 0 Å². The van der Waals surface area contributed by atoms with Crippen molar-refractivity contribution in [2.24, 2.45) is 0 Å². The van der Waals surface area contributed by atoms with Crippen LogP contribution in [0.4, 0.5) is 19.3 Å². The quantitative estimate of drug-likeness (QED) is 0.808. The number of nitrogens with one attached hydrogen (secondary N) is 1. The van der Waals surface area contributed by atoms with E-state index in [9.17, 15) is 13.6 Å². The van der Waals surface area contributed by atoms with Crippen LogP contribution in [0.5, 0.6) is 0 Å². The Morgan fingerprint density at radius 3 is 2.61 bits per heavy atom. The van der Waals surface area contributed by atoms with E-state index in [0.29, 0.717) is 26.3 Å². The molecule has 0 unspecified atom stereocenters. The standard InChI is InChI=1S/C11H11BrF2N2O2/c12-7-5-10(9(14)6-8(7)13)15-11(17)16-1-3-18-4-2-16/h5-6H,1-4H2,(H,15,17). The maximum Gasteiger partial charge on any atom is 0.322 e. The molecule has 0 spiro atoms. The number of hydrogen-bond acceptors (Lipinski definition) is 2. The van der Waals surface area contributed by atoms with Gasteiger partial charge in [0.1, 0.15) is 11.6 Å². The van der Waals surface area contributed by atoms with E-state index in [0.717, 1.165) is 6.07 Å². The van der Waals surface area contributed by atoms with Crippen LogP contribution in [0, 0.1) is 11.6 Å². The van der Waals surface area contributed by atoms with E-state index in [1.807, 2.05) is 0 Å². The highest BCUT2D eigenvalue weighted by Gasteiger charge is 2.18. The molecule has 98 valence electrons. The van der Waals surface area contributed by atoms with Crippen LogP contribution in [0.15, 0.2) is 16.6 Å². The molecule has 0 bridgehead atoms. The number of rotatable bonds is 1. The Kier molecular flexibility index (Phi) is 4.13. The van der Waals surface area contributed by atoms with Crippen molar-refractivity contribution in [1.82, 2.24) is 4.90 Å². The second kappa shape index (κ2) is 5.62. The topological polar surface area (TPSA) is 41.6 Å². The first kappa shape index (κ1) is 13.2. The van der Waals surface area contributed by atoms with Crippen molar-refractivity contribution in [1.29, 1.82) is 0 Å². The van der Waals surface area contributed by atoms with E-state index in [1.54, 1.807) is 0 Å². The summed E-state index contributed by atoms with van der Waals surface area (Å²) in [6, 6.07) is 1.50. The molecule has 2 amide bonds. The molecule has 2 rings (SSSR count). The minimum Gasteiger partial charge on any atom is -0.378 e. The van der Waals surface area contributed by atoms with E-state index in [4.69, 9.17) is 4.74 Å². The zero-order valence-electron chi connectivity index (χ0n) is 9.38. The van der Waals surface area contributed by atoms with Crippen molar-refractivity contribution in [3.05, 3.63) is 28.2 Å². The molecule has 0 atom stereocenters. The molecule has 4 nitrogen and oxygen atoms in total. The first-order valence-electron chi connectivity index (χ1n) is 5.36. The predicted molar refractivity (Wildman–Crippen MR) is 65.5 cm³/mol. The highest BCUT2D eigenvalue weighted by atomic mass is 79.9. The van der Waals surface area contributed by atoms with Crippen molar-refractivity contribution in [2.75, 3.05) is 31.6 Å². The van der Waals surface area contributed by atoms with Crippen molar-refractivity contribution in [2.45, 2.75) is 0 Å². The average Bonchev–Trinajstić information content (AvgIpc) is 2.37. The number of morpholine rings is 1. The second-order valence-electron chi connectivity index (χ2n) is 3.78. The summed E-state index contributed by atoms with van der Waals surface area (Å²) in [5, 5.41) is 2.41. The number of nitrogens with zero attached hydrogens (tertiary/aromatic N) is 1. The fraction of sp³-hybridized carbons (Fsp3) is 0.364. The number of hydrogen-bond donors (Lipinski definition) is 1.